The van der Waals surface area contributed by atoms with Gasteiger partial charge in [-0.1, -0.05) is 34.4 Å². The van der Waals surface area contributed by atoms with Gasteiger partial charge in [0.15, 0.2) is 9.84 Å². The summed E-state index contributed by atoms with van der Waals surface area (Å²) in [5.41, 5.74) is 1.97. The molecule has 0 unspecified atom stereocenters. The first kappa shape index (κ1) is 24.8. The summed E-state index contributed by atoms with van der Waals surface area (Å²) in [4.78, 5) is 11.3. The molecule has 0 radical (unpaired) electrons. The van der Waals surface area contributed by atoms with Gasteiger partial charge in [-0.15, -0.1) is 0 Å². The summed E-state index contributed by atoms with van der Waals surface area (Å²) in [5.74, 6) is 0.0772. The minimum absolute atomic E-state index is 0.0212. The number of halogens is 2. The number of hydrogen-bond acceptors (Lipinski definition) is 7. The third-order valence-corrected chi connectivity index (χ3v) is 8.78. The van der Waals surface area contributed by atoms with E-state index in [4.69, 9.17) is 37.2 Å². The van der Waals surface area contributed by atoms with E-state index in [2.05, 4.69) is 5.16 Å². The second kappa shape index (κ2) is 9.34. The quantitative estimate of drug-likeness (QED) is 0.266. The number of carboxylic acids is 1. The Morgan fingerprint density at radius 3 is 2.50 bits per heavy atom. The number of hydrogen-bond donors (Lipinski definition) is 1. The predicted octanol–water partition coefficient (Wildman–Crippen LogP) is 6.88. The molecular formula is C27H19Cl2NO7S. The minimum Gasteiger partial charge on any atom is -0.489 e. The van der Waals surface area contributed by atoms with Gasteiger partial charge in [-0.3, -0.25) is 0 Å². The summed E-state index contributed by atoms with van der Waals surface area (Å²) < 4.78 is 44.1. The molecule has 0 atom stereocenters. The minimum atomic E-state index is -3.87. The number of carbonyl (C=O) groups is 1. The van der Waals surface area contributed by atoms with Crippen molar-refractivity contribution < 1.29 is 32.3 Å². The predicted molar refractivity (Wildman–Crippen MR) is 139 cm³/mol. The SMILES string of the molecule is O=C(O)c1ccc2c(c1)CS(=O)(=O)c1cc(OCc3c(-c4c(Cl)cccc4Cl)noc3C3CC3)ccc1O2. The first-order valence-corrected chi connectivity index (χ1v) is 14.1. The lowest BCUT2D eigenvalue weighted by Crippen LogP contribution is -2.05. The Labute approximate surface area is 227 Å². The second-order valence-electron chi connectivity index (χ2n) is 9.13. The molecule has 11 heteroatoms. The monoisotopic (exact) mass is 571 g/mol. The third kappa shape index (κ3) is 4.51. The Morgan fingerprint density at radius 1 is 1.05 bits per heavy atom. The van der Waals surface area contributed by atoms with E-state index in [9.17, 15) is 18.3 Å². The van der Waals surface area contributed by atoms with Gasteiger partial charge in [-0.2, -0.15) is 0 Å². The van der Waals surface area contributed by atoms with Gasteiger partial charge in [0.1, 0.15) is 40.2 Å². The Morgan fingerprint density at radius 2 is 1.79 bits per heavy atom. The van der Waals surface area contributed by atoms with Crippen molar-refractivity contribution in [1.82, 2.24) is 5.16 Å². The van der Waals surface area contributed by atoms with E-state index in [1.165, 1.54) is 30.3 Å². The Kier molecular flexibility index (Phi) is 6.09. The molecule has 8 nitrogen and oxygen atoms in total. The normalized spacial score (nSPS) is 15.6. The van der Waals surface area contributed by atoms with Gasteiger partial charge in [-0.25, -0.2) is 13.2 Å². The van der Waals surface area contributed by atoms with Gasteiger partial charge in [0.05, 0.1) is 26.9 Å². The van der Waals surface area contributed by atoms with Crippen molar-refractivity contribution in [3.63, 3.8) is 0 Å². The molecule has 1 aliphatic carbocycles. The average Bonchev–Trinajstić information content (AvgIpc) is 3.65. The van der Waals surface area contributed by atoms with E-state index in [-0.39, 0.29) is 40.0 Å². The van der Waals surface area contributed by atoms with E-state index in [1.807, 2.05) is 0 Å². The van der Waals surface area contributed by atoms with Crippen LogP contribution in [0.1, 0.15) is 46.0 Å². The number of aromatic carboxylic acids is 1. The van der Waals surface area contributed by atoms with Crippen molar-refractivity contribution >= 4 is 39.0 Å². The molecule has 38 heavy (non-hydrogen) atoms. The summed E-state index contributed by atoms with van der Waals surface area (Å²) in [5, 5.41) is 14.4. The van der Waals surface area contributed by atoms with E-state index >= 15 is 0 Å². The van der Waals surface area contributed by atoms with Crippen molar-refractivity contribution in [3.05, 3.63) is 87.1 Å². The zero-order chi connectivity index (χ0) is 26.6. The number of carboxylic acid groups (broad SMARTS) is 1. The number of benzene rings is 3. The molecule has 0 spiro atoms. The highest BCUT2D eigenvalue weighted by atomic mass is 35.5. The molecule has 4 aromatic rings. The molecule has 2 heterocycles. The molecule has 0 bridgehead atoms. The number of fused-ring (bicyclic) bond motifs is 2. The molecule has 1 saturated carbocycles. The maximum atomic E-state index is 13.3. The number of rotatable bonds is 6. The summed E-state index contributed by atoms with van der Waals surface area (Å²) in [6.07, 6.45) is 1.94. The fourth-order valence-corrected chi connectivity index (χ4v) is 6.51. The highest BCUT2D eigenvalue weighted by Crippen LogP contribution is 2.46. The van der Waals surface area contributed by atoms with E-state index in [0.29, 0.717) is 38.4 Å². The summed E-state index contributed by atoms with van der Waals surface area (Å²) in [6, 6.07) is 13.8. The number of aromatic nitrogens is 1. The highest BCUT2D eigenvalue weighted by molar-refractivity contribution is 7.90. The molecule has 1 aliphatic heterocycles. The van der Waals surface area contributed by atoms with Gasteiger partial charge in [0.25, 0.3) is 0 Å². The van der Waals surface area contributed by atoms with Crippen LogP contribution in [0.4, 0.5) is 0 Å². The van der Waals surface area contributed by atoms with Gasteiger partial charge < -0.3 is 19.1 Å². The van der Waals surface area contributed by atoms with Crippen molar-refractivity contribution in [2.24, 2.45) is 0 Å². The molecule has 194 valence electrons. The van der Waals surface area contributed by atoms with Crippen molar-refractivity contribution in [2.75, 3.05) is 0 Å². The number of nitrogens with zero attached hydrogens (tertiary/aromatic N) is 1. The highest BCUT2D eigenvalue weighted by Gasteiger charge is 2.34. The first-order chi connectivity index (χ1) is 18.2. The Hall–Kier alpha value is -3.53. The van der Waals surface area contributed by atoms with Crippen LogP contribution in [0.5, 0.6) is 17.2 Å². The van der Waals surface area contributed by atoms with Gasteiger partial charge in [-0.05, 0) is 55.3 Å². The van der Waals surface area contributed by atoms with Crippen LogP contribution in [0.3, 0.4) is 0 Å². The van der Waals surface area contributed by atoms with Gasteiger partial charge >= 0.3 is 5.97 Å². The zero-order valence-electron chi connectivity index (χ0n) is 19.6. The lowest BCUT2D eigenvalue weighted by Gasteiger charge is -2.12. The third-order valence-electron chi connectivity index (χ3n) is 6.47. The van der Waals surface area contributed by atoms with Crippen LogP contribution in [0.15, 0.2) is 64.0 Å². The van der Waals surface area contributed by atoms with Crippen LogP contribution >= 0.6 is 23.2 Å². The van der Waals surface area contributed by atoms with Crippen LogP contribution in [-0.2, 0) is 22.2 Å². The van der Waals surface area contributed by atoms with Crippen LogP contribution in [0, 0.1) is 0 Å². The Balaban J connectivity index is 1.32. The molecule has 6 rings (SSSR count). The fraction of sp³-hybridized carbons (Fsp3) is 0.185. The van der Waals surface area contributed by atoms with Crippen molar-refractivity contribution in [3.8, 4) is 28.5 Å². The molecule has 0 amide bonds. The van der Waals surface area contributed by atoms with Gasteiger partial charge in [0.2, 0.25) is 0 Å². The summed E-state index contributed by atoms with van der Waals surface area (Å²) in [6.45, 7) is 0.0497. The molecule has 2 aliphatic rings. The van der Waals surface area contributed by atoms with Crippen LogP contribution in [0.2, 0.25) is 10.0 Å². The van der Waals surface area contributed by atoms with Crippen LogP contribution in [-0.4, -0.2) is 24.7 Å². The summed E-state index contributed by atoms with van der Waals surface area (Å²) in [7, 11) is -3.87. The Bertz CT molecular complexity index is 1690. The lowest BCUT2D eigenvalue weighted by atomic mass is 10.0. The smallest absolute Gasteiger partial charge is 0.335 e. The maximum absolute atomic E-state index is 13.3. The zero-order valence-corrected chi connectivity index (χ0v) is 21.9. The molecule has 1 fully saturated rings. The molecule has 1 N–H and O–H groups in total. The van der Waals surface area contributed by atoms with Crippen LogP contribution < -0.4 is 9.47 Å². The topological polar surface area (TPSA) is 116 Å². The lowest BCUT2D eigenvalue weighted by molar-refractivity contribution is 0.0696. The standard InChI is InChI=1S/C27H19Cl2NO7S/c28-19-2-1-3-20(29)24(19)25-18(26(37-30-25)14-4-5-14)12-35-17-7-9-22-23(11-17)38(33,34)13-16-10-15(27(31)32)6-8-21(16)36-22/h1-3,6-11,14H,4-5,12-13H2,(H,31,32). The van der Waals surface area contributed by atoms with Crippen molar-refractivity contribution in [1.29, 1.82) is 0 Å². The number of sulfone groups is 1. The van der Waals surface area contributed by atoms with E-state index < -0.39 is 21.6 Å². The molecule has 3 aromatic carbocycles. The van der Waals surface area contributed by atoms with Crippen LogP contribution in [0.25, 0.3) is 11.3 Å². The molecule has 1 aromatic heterocycles. The van der Waals surface area contributed by atoms with E-state index in [0.717, 1.165) is 12.8 Å². The largest absolute Gasteiger partial charge is 0.489 e. The second-order valence-corrected chi connectivity index (χ2v) is 11.9. The molecular weight excluding hydrogens is 553 g/mol. The fourth-order valence-electron chi connectivity index (χ4n) is 4.44. The maximum Gasteiger partial charge on any atom is 0.335 e. The average molecular weight is 572 g/mol. The number of ether oxygens (including phenoxy) is 2. The summed E-state index contributed by atoms with van der Waals surface area (Å²) >= 11 is 12.9. The molecule has 0 saturated heterocycles. The van der Waals surface area contributed by atoms with Gasteiger partial charge in [0, 0.05) is 23.1 Å². The first-order valence-electron chi connectivity index (χ1n) is 11.7. The van der Waals surface area contributed by atoms with Crippen molar-refractivity contribution in [2.45, 2.75) is 36.0 Å². The van der Waals surface area contributed by atoms with E-state index in [1.54, 1.807) is 24.3 Å².